The van der Waals surface area contributed by atoms with E-state index in [9.17, 15) is 22.4 Å². The zero-order chi connectivity index (χ0) is 30.8. The van der Waals surface area contributed by atoms with Crippen LogP contribution in [0, 0.1) is 5.92 Å². The minimum absolute atomic E-state index is 0.0691. The molecule has 3 heterocycles. The minimum atomic E-state index is -4.89. The van der Waals surface area contributed by atoms with E-state index in [1.54, 1.807) is 36.8 Å². The predicted octanol–water partition coefficient (Wildman–Crippen LogP) is 7.28. The second-order valence-electron chi connectivity index (χ2n) is 9.30. The summed E-state index contributed by atoms with van der Waals surface area (Å²) in [6.07, 6.45) is 12.8. The molecule has 1 unspecified atom stereocenters. The average Bonchev–Trinajstić information content (AvgIpc) is 3.17. The number of nitrogens with one attached hydrogen (secondary N) is 3. The molecule has 0 saturated carbocycles. The Hall–Kier alpha value is -5.00. The molecule has 0 bridgehead atoms. The molecule has 5 rings (SSSR count). The van der Waals surface area contributed by atoms with Crippen molar-refractivity contribution in [1.29, 1.82) is 0 Å². The largest absolute Gasteiger partial charge is 0.419 e. The summed E-state index contributed by atoms with van der Waals surface area (Å²) in [6, 6.07) is 6.28. The monoisotopic (exact) mass is 593 g/mol. The molecular formula is C31H31F4N7O. The van der Waals surface area contributed by atoms with Crippen LogP contribution in [0.5, 0.6) is 0 Å². The van der Waals surface area contributed by atoms with Gasteiger partial charge in [0.2, 0.25) is 0 Å². The number of aromatic nitrogens is 3. The van der Waals surface area contributed by atoms with Crippen LogP contribution >= 0.6 is 0 Å². The quantitative estimate of drug-likeness (QED) is 0.251. The molecule has 0 radical (unpaired) electrons. The van der Waals surface area contributed by atoms with Gasteiger partial charge >= 0.3 is 12.2 Å². The molecule has 0 saturated heterocycles. The third-order valence-electron chi connectivity index (χ3n) is 6.21. The second-order valence-corrected chi connectivity index (χ2v) is 9.30. The number of hydrogen-bond donors (Lipinski definition) is 3. The molecule has 0 fully saturated rings. The van der Waals surface area contributed by atoms with E-state index in [1.165, 1.54) is 6.08 Å². The topological polar surface area (TPSA) is 95.7 Å². The highest BCUT2D eigenvalue weighted by atomic mass is 19.4. The predicted molar refractivity (Wildman–Crippen MR) is 161 cm³/mol. The fraction of sp³-hybridized carbons (Fsp3) is 0.226. The molecule has 1 aliphatic carbocycles. The molecule has 224 valence electrons. The Kier molecular flexibility index (Phi) is 10.3. The first-order chi connectivity index (χ1) is 20.7. The van der Waals surface area contributed by atoms with Gasteiger partial charge in [0.15, 0.2) is 11.5 Å². The van der Waals surface area contributed by atoms with Crippen LogP contribution < -0.4 is 16.0 Å². The van der Waals surface area contributed by atoms with Gasteiger partial charge in [0.1, 0.15) is 5.83 Å². The van der Waals surface area contributed by atoms with E-state index in [4.69, 9.17) is 4.98 Å². The van der Waals surface area contributed by atoms with E-state index >= 15 is 0 Å². The number of nitrogens with zero attached hydrogens (tertiary/aromatic N) is 4. The summed E-state index contributed by atoms with van der Waals surface area (Å²) in [7, 11) is 0. The third-order valence-corrected chi connectivity index (χ3v) is 6.21. The Bertz CT molecular complexity index is 1610. The maximum Gasteiger partial charge on any atom is 0.419 e. The van der Waals surface area contributed by atoms with Crippen LogP contribution in [0.4, 0.5) is 33.9 Å². The molecule has 2 aliphatic rings. The zero-order valence-corrected chi connectivity index (χ0v) is 23.6. The van der Waals surface area contributed by atoms with Crippen LogP contribution in [0.25, 0.3) is 5.65 Å². The van der Waals surface area contributed by atoms with Crippen LogP contribution in [-0.4, -0.2) is 39.3 Å². The number of carbonyl (C=O) groups excluding carboxylic acids is 1. The molecule has 1 atom stereocenters. The smallest absolute Gasteiger partial charge is 0.366 e. The zero-order valence-electron chi connectivity index (χ0n) is 23.6. The first-order valence-electron chi connectivity index (χ1n) is 13.7. The molecule has 2 amide bonds. The molecule has 3 N–H and O–H groups in total. The van der Waals surface area contributed by atoms with Crippen LogP contribution in [-0.2, 0) is 6.42 Å². The van der Waals surface area contributed by atoms with E-state index in [-0.39, 0.29) is 18.0 Å². The number of benzene rings is 1. The van der Waals surface area contributed by atoms with Crippen molar-refractivity contribution < 1.29 is 22.4 Å². The van der Waals surface area contributed by atoms with Gasteiger partial charge in [-0.05, 0) is 35.9 Å². The lowest BCUT2D eigenvalue weighted by Crippen LogP contribution is -2.28. The highest BCUT2D eigenvalue weighted by Gasteiger charge is 2.36. The van der Waals surface area contributed by atoms with E-state index in [1.807, 2.05) is 54.9 Å². The Balaban J connectivity index is 0.00000207. The maximum absolute atomic E-state index is 13.8. The summed E-state index contributed by atoms with van der Waals surface area (Å²) >= 11 is 0. The van der Waals surface area contributed by atoms with Gasteiger partial charge in [-0.25, -0.2) is 19.2 Å². The number of urea groups is 1. The standard InChI is InChI=1S/C29H25F4N7O.C2H6/c30-25-8-2-7-22(16-24(25)29(31,32)33)39-28(41)38-21-6-1-4-20(14-21)15-23-18-40-13-12-35-27(40)26(37-23)36-17-19-5-3-10-34-11-9-19;1-2/h1-6,8-14,16,18-19H,7,15,17H2,(H,36,37)(H2,38,39,41);1-2H3. The van der Waals surface area contributed by atoms with Gasteiger partial charge in [-0.15, -0.1) is 0 Å². The molecule has 1 aliphatic heterocycles. The van der Waals surface area contributed by atoms with E-state index in [0.29, 0.717) is 36.2 Å². The molecule has 1 aromatic carbocycles. The summed E-state index contributed by atoms with van der Waals surface area (Å²) in [5, 5.41) is 8.37. The van der Waals surface area contributed by atoms with Crippen molar-refractivity contribution in [1.82, 2.24) is 19.7 Å². The number of fused-ring (bicyclic) bond motifs is 1. The minimum Gasteiger partial charge on any atom is -0.366 e. The van der Waals surface area contributed by atoms with Gasteiger partial charge in [0.25, 0.3) is 0 Å². The van der Waals surface area contributed by atoms with Crippen LogP contribution in [0.2, 0.25) is 0 Å². The number of hydrogen-bond acceptors (Lipinski definition) is 5. The second kappa shape index (κ2) is 14.3. The molecule has 8 nitrogen and oxygen atoms in total. The lowest BCUT2D eigenvalue weighted by molar-refractivity contribution is -0.0898. The summed E-state index contributed by atoms with van der Waals surface area (Å²) < 4.78 is 55.2. The van der Waals surface area contributed by atoms with Gasteiger partial charge in [-0.1, -0.05) is 44.2 Å². The van der Waals surface area contributed by atoms with E-state index in [0.717, 1.165) is 17.3 Å². The van der Waals surface area contributed by atoms with Crippen LogP contribution in [0.15, 0.2) is 108 Å². The number of anilines is 2. The summed E-state index contributed by atoms with van der Waals surface area (Å²) in [5.41, 5.74) is 1.17. The first-order valence-corrected chi connectivity index (χ1v) is 13.7. The Morgan fingerprint density at radius 3 is 2.81 bits per heavy atom. The number of rotatable bonds is 7. The SMILES string of the molecule is CC.O=C(NC1=CC(C(F)(F)F)=C(F)C=CC1)Nc1cccc(Cc2cn3ccnc3c(NCC3C=CC=NC=C3)n2)c1. The van der Waals surface area contributed by atoms with Crippen molar-refractivity contribution in [3.8, 4) is 0 Å². The normalized spacial score (nSPS) is 16.2. The van der Waals surface area contributed by atoms with Crippen molar-refractivity contribution >= 4 is 29.4 Å². The summed E-state index contributed by atoms with van der Waals surface area (Å²) in [5.74, 6) is -0.648. The molecule has 3 aromatic rings. The van der Waals surface area contributed by atoms with Crippen molar-refractivity contribution in [2.24, 2.45) is 10.9 Å². The molecule has 2 aromatic heterocycles. The summed E-state index contributed by atoms with van der Waals surface area (Å²) in [6.45, 7) is 4.60. The van der Waals surface area contributed by atoms with E-state index < -0.39 is 23.6 Å². The Morgan fingerprint density at radius 1 is 1.16 bits per heavy atom. The van der Waals surface area contributed by atoms with Crippen molar-refractivity contribution in [3.63, 3.8) is 0 Å². The van der Waals surface area contributed by atoms with Gasteiger partial charge in [0.05, 0.1) is 11.3 Å². The van der Waals surface area contributed by atoms with Gasteiger partial charge < -0.3 is 20.4 Å². The highest BCUT2D eigenvalue weighted by molar-refractivity contribution is 5.90. The van der Waals surface area contributed by atoms with E-state index in [2.05, 4.69) is 25.9 Å². The number of halogens is 4. The third kappa shape index (κ3) is 8.51. The number of imidazole rings is 1. The maximum atomic E-state index is 13.8. The van der Waals surface area contributed by atoms with Crippen molar-refractivity contribution in [3.05, 3.63) is 114 Å². The Morgan fingerprint density at radius 2 is 2.00 bits per heavy atom. The molecular weight excluding hydrogens is 562 g/mol. The fourth-order valence-corrected chi connectivity index (χ4v) is 4.32. The number of allylic oxidation sites excluding steroid dienone is 6. The number of alkyl halides is 3. The number of amides is 2. The fourth-order valence-electron chi connectivity index (χ4n) is 4.32. The van der Waals surface area contributed by atoms with Crippen molar-refractivity contribution in [2.45, 2.75) is 32.9 Å². The summed E-state index contributed by atoms with van der Waals surface area (Å²) in [4.78, 5) is 25.8. The highest BCUT2D eigenvalue weighted by Crippen LogP contribution is 2.33. The van der Waals surface area contributed by atoms with Crippen LogP contribution in [0.1, 0.15) is 31.5 Å². The lowest BCUT2D eigenvalue weighted by Gasteiger charge is -2.13. The van der Waals surface area contributed by atoms with Gasteiger partial charge in [0, 0.05) is 67.7 Å². The van der Waals surface area contributed by atoms with Gasteiger partial charge in [-0.3, -0.25) is 4.99 Å². The average molecular weight is 594 g/mol. The van der Waals surface area contributed by atoms with Gasteiger partial charge in [-0.2, -0.15) is 13.2 Å². The Labute approximate surface area is 246 Å². The number of carbonyl (C=O) groups is 1. The first kappa shape index (κ1) is 30.9. The number of aliphatic imine (C=N–C) groups is 1. The van der Waals surface area contributed by atoms with Crippen molar-refractivity contribution in [2.75, 3.05) is 17.2 Å². The lowest BCUT2D eigenvalue weighted by atomic mass is 10.1. The molecule has 0 spiro atoms. The molecule has 43 heavy (non-hydrogen) atoms. The molecule has 12 heteroatoms. The van der Waals surface area contributed by atoms with Crippen LogP contribution in [0.3, 0.4) is 0 Å².